The Morgan fingerprint density at radius 2 is 2.20 bits per heavy atom. The average Bonchev–Trinajstić information content (AvgIpc) is 3.23. The van der Waals surface area contributed by atoms with E-state index in [9.17, 15) is 0 Å². The first-order valence-corrected chi connectivity index (χ1v) is 7.11. The van der Waals surface area contributed by atoms with Gasteiger partial charge in [-0.15, -0.1) is 0 Å². The first kappa shape index (κ1) is 14.7. The second-order valence-corrected chi connectivity index (χ2v) is 5.35. The highest BCUT2D eigenvalue weighted by atomic mass is 16.5. The van der Waals surface area contributed by atoms with Gasteiger partial charge in [0.15, 0.2) is 11.5 Å². The van der Waals surface area contributed by atoms with E-state index in [0.29, 0.717) is 13.0 Å². The molecule has 0 atom stereocenters. The third kappa shape index (κ3) is 3.43. The normalized spacial score (nSPS) is 15.4. The maximum absolute atomic E-state index is 8.87. The summed E-state index contributed by atoms with van der Waals surface area (Å²) in [6.45, 7) is 4.34. The van der Waals surface area contributed by atoms with Crippen LogP contribution in [0.2, 0.25) is 0 Å². The lowest BCUT2D eigenvalue weighted by Crippen LogP contribution is -2.16. The molecule has 1 aliphatic rings. The van der Waals surface area contributed by atoms with E-state index >= 15 is 0 Å². The molecule has 108 valence electrons. The zero-order chi connectivity index (χ0) is 14.4. The van der Waals surface area contributed by atoms with Crippen molar-refractivity contribution in [2.24, 2.45) is 5.41 Å². The molecule has 0 heterocycles. The number of ether oxygens (including phenoxy) is 2. The Morgan fingerprint density at radius 1 is 1.40 bits per heavy atom. The fourth-order valence-electron chi connectivity index (χ4n) is 2.23. The lowest BCUT2D eigenvalue weighted by molar-refractivity contribution is 0.224. The Labute approximate surface area is 120 Å². The Hall–Kier alpha value is -1.73. The van der Waals surface area contributed by atoms with Gasteiger partial charge in [-0.3, -0.25) is 0 Å². The summed E-state index contributed by atoms with van der Waals surface area (Å²) in [5.41, 5.74) is 1.17. The molecule has 0 amide bonds. The van der Waals surface area contributed by atoms with Crippen LogP contribution in [0.15, 0.2) is 18.2 Å². The second kappa shape index (κ2) is 6.62. The molecule has 0 aromatic heterocycles. The predicted octanol–water partition coefficient (Wildman–Crippen LogP) is 2.88. The van der Waals surface area contributed by atoms with Crippen LogP contribution in [0, 0.1) is 16.7 Å². The van der Waals surface area contributed by atoms with Crippen LogP contribution in [-0.4, -0.2) is 20.3 Å². The van der Waals surface area contributed by atoms with Crippen LogP contribution in [-0.2, 0) is 6.54 Å². The number of nitrogens with zero attached hydrogens (tertiary/aromatic N) is 1. The number of methoxy groups -OCH3 is 1. The minimum atomic E-state index is 0.0745. The van der Waals surface area contributed by atoms with E-state index < -0.39 is 0 Å². The van der Waals surface area contributed by atoms with E-state index in [1.165, 1.54) is 0 Å². The fraction of sp³-hybridized carbons (Fsp3) is 0.562. The molecular formula is C16H22N2O2. The number of hydrogen-bond acceptors (Lipinski definition) is 4. The van der Waals surface area contributed by atoms with E-state index in [4.69, 9.17) is 14.7 Å². The molecule has 4 heteroatoms. The minimum absolute atomic E-state index is 0.0745. The van der Waals surface area contributed by atoms with E-state index in [0.717, 1.165) is 43.0 Å². The van der Waals surface area contributed by atoms with Gasteiger partial charge in [-0.05, 0) is 25.5 Å². The Bertz CT molecular complexity index is 490. The summed E-state index contributed by atoms with van der Waals surface area (Å²) in [5, 5.41) is 12.2. The number of para-hydroxylation sites is 1. The van der Waals surface area contributed by atoms with E-state index in [-0.39, 0.29) is 5.41 Å². The smallest absolute Gasteiger partial charge is 0.165 e. The zero-order valence-electron chi connectivity index (χ0n) is 12.2. The molecule has 0 spiro atoms. The summed E-state index contributed by atoms with van der Waals surface area (Å²) < 4.78 is 11.4. The van der Waals surface area contributed by atoms with Crippen LogP contribution in [0.1, 0.15) is 31.7 Å². The topological polar surface area (TPSA) is 54.3 Å². The van der Waals surface area contributed by atoms with Crippen molar-refractivity contribution in [3.63, 3.8) is 0 Å². The standard InChI is InChI=1S/C16H22N2O2/c1-3-18-11-13-5-4-6-14(19-2)15(13)20-12-16(7-8-16)9-10-17/h4-6,18H,3,7-9,11-12H2,1-2H3. The van der Waals surface area contributed by atoms with Gasteiger partial charge in [-0.25, -0.2) is 0 Å². The highest BCUT2D eigenvalue weighted by Crippen LogP contribution is 2.49. The lowest BCUT2D eigenvalue weighted by atomic mass is 10.1. The van der Waals surface area contributed by atoms with Crippen LogP contribution in [0.25, 0.3) is 0 Å². The van der Waals surface area contributed by atoms with Crippen molar-refractivity contribution in [1.82, 2.24) is 5.32 Å². The monoisotopic (exact) mass is 274 g/mol. The first-order chi connectivity index (χ1) is 9.74. The summed E-state index contributed by atoms with van der Waals surface area (Å²) in [7, 11) is 1.65. The third-order valence-corrected chi connectivity index (χ3v) is 3.78. The molecule has 20 heavy (non-hydrogen) atoms. The largest absolute Gasteiger partial charge is 0.493 e. The maximum atomic E-state index is 8.87. The Balaban J connectivity index is 2.10. The molecule has 0 unspecified atom stereocenters. The Morgan fingerprint density at radius 3 is 2.80 bits per heavy atom. The van der Waals surface area contributed by atoms with Crippen molar-refractivity contribution in [1.29, 1.82) is 5.26 Å². The van der Waals surface area contributed by atoms with Gasteiger partial charge in [0.2, 0.25) is 0 Å². The van der Waals surface area contributed by atoms with Crippen molar-refractivity contribution in [2.45, 2.75) is 32.7 Å². The molecule has 2 rings (SSSR count). The molecule has 0 radical (unpaired) electrons. The van der Waals surface area contributed by atoms with Crippen molar-refractivity contribution < 1.29 is 9.47 Å². The molecule has 1 saturated carbocycles. The zero-order valence-corrected chi connectivity index (χ0v) is 12.2. The summed E-state index contributed by atoms with van der Waals surface area (Å²) >= 11 is 0. The summed E-state index contributed by atoms with van der Waals surface area (Å²) in [5.74, 6) is 1.56. The molecular weight excluding hydrogens is 252 g/mol. The van der Waals surface area contributed by atoms with Crippen LogP contribution < -0.4 is 14.8 Å². The van der Waals surface area contributed by atoms with Gasteiger partial charge in [-0.2, -0.15) is 5.26 Å². The number of benzene rings is 1. The number of rotatable bonds is 8. The van der Waals surface area contributed by atoms with Gasteiger partial charge in [-0.1, -0.05) is 19.1 Å². The van der Waals surface area contributed by atoms with Crippen molar-refractivity contribution >= 4 is 0 Å². The quantitative estimate of drug-likeness (QED) is 0.792. The molecule has 1 aromatic carbocycles. The van der Waals surface area contributed by atoms with Crippen LogP contribution in [0.4, 0.5) is 0 Å². The summed E-state index contributed by atoms with van der Waals surface area (Å²) in [6, 6.07) is 8.19. The Kier molecular flexibility index (Phi) is 4.86. The van der Waals surface area contributed by atoms with Crippen LogP contribution >= 0.6 is 0 Å². The van der Waals surface area contributed by atoms with E-state index in [1.54, 1.807) is 7.11 Å². The van der Waals surface area contributed by atoms with Gasteiger partial charge >= 0.3 is 0 Å². The SMILES string of the molecule is CCNCc1cccc(OC)c1OCC1(CC#N)CC1. The molecule has 1 N–H and O–H groups in total. The third-order valence-electron chi connectivity index (χ3n) is 3.78. The summed E-state index contributed by atoms with van der Waals surface area (Å²) in [6.07, 6.45) is 2.74. The minimum Gasteiger partial charge on any atom is -0.493 e. The molecule has 0 saturated heterocycles. The van der Waals surface area contributed by atoms with Crippen molar-refractivity contribution in [3.8, 4) is 17.6 Å². The molecule has 1 aromatic rings. The predicted molar refractivity (Wildman–Crippen MR) is 77.8 cm³/mol. The lowest BCUT2D eigenvalue weighted by Gasteiger charge is -2.18. The van der Waals surface area contributed by atoms with Gasteiger partial charge in [0, 0.05) is 23.9 Å². The maximum Gasteiger partial charge on any atom is 0.165 e. The molecule has 1 fully saturated rings. The average molecular weight is 274 g/mol. The second-order valence-electron chi connectivity index (χ2n) is 5.35. The molecule has 4 nitrogen and oxygen atoms in total. The number of hydrogen-bond donors (Lipinski definition) is 1. The van der Waals surface area contributed by atoms with E-state index in [1.807, 2.05) is 18.2 Å². The highest BCUT2D eigenvalue weighted by molar-refractivity contribution is 5.46. The van der Waals surface area contributed by atoms with Gasteiger partial charge in [0.05, 0.1) is 19.8 Å². The number of nitriles is 1. The van der Waals surface area contributed by atoms with Gasteiger partial charge < -0.3 is 14.8 Å². The molecule has 1 aliphatic carbocycles. The molecule has 0 aliphatic heterocycles. The highest BCUT2D eigenvalue weighted by Gasteiger charge is 2.43. The van der Waals surface area contributed by atoms with Crippen molar-refractivity contribution in [2.75, 3.05) is 20.3 Å². The first-order valence-electron chi connectivity index (χ1n) is 7.11. The molecule has 0 bridgehead atoms. The van der Waals surface area contributed by atoms with Crippen LogP contribution in [0.5, 0.6) is 11.5 Å². The van der Waals surface area contributed by atoms with Crippen LogP contribution in [0.3, 0.4) is 0 Å². The fourth-order valence-corrected chi connectivity index (χ4v) is 2.23. The number of nitrogens with one attached hydrogen (secondary N) is 1. The van der Waals surface area contributed by atoms with Crippen molar-refractivity contribution in [3.05, 3.63) is 23.8 Å². The van der Waals surface area contributed by atoms with Gasteiger partial charge in [0.1, 0.15) is 0 Å². The van der Waals surface area contributed by atoms with E-state index in [2.05, 4.69) is 18.3 Å². The van der Waals surface area contributed by atoms with Gasteiger partial charge in [0.25, 0.3) is 0 Å². The summed E-state index contributed by atoms with van der Waals surface area (Å²) in [4.78, 5) is 0.